The van der Waals surface area contributed by atoms with Crippen LogP contribution < -0.4 is 4.74 Å². The van der Waals surface area contributed by atoms with Crippen LogP contribution in [0.25, 0.3) is 11.0 Å². The molecule has 3 rings (SSSR count). The van der Waals surface area contributed by atoms with E-state index in [1.54, 1.807) is 18.4 Å². The molecule has 0 amide bonds. The Hall–Kier alpha value is -2.23. The smallest absolute Gasteiger partial charge is 0.193 e. The summed E-state index contributed by atoms with van der Waals surface area (Å²) in [4.78, 5) is 12.8. The molecule has 1 aliphatic carbocycles. The molecule has 1 heterocycles. The van der Waals surface area contributed by atoms with Gasteiger partial charge in [-0.2, -0.15) is 0 Å². The summed E-state index contributed by atoms with van der Waals surface area (Å²) in [6.45, 7) is 1.93. The van der Waals surface area contributed by atoms with Crippen molar-refractivity contribution in [2.45, 2.75) is 45.4 Å². The second-order valence-electron chi connectivity index (χ2n) is 5.98. The lowest BCUT2D eigenvalue weighted by molar-refractivity contribution is 0.104. The van der Waals surface area contributed by atoms with E-state index in [2.05, 4.69) is 0 Å². The summed E-state index contributed by atoms with van der Waals surface area (Å²) in [5.41, 5.74) is 2.64. The Kier molecular flexibility index (Phi) is 4.42. The number of fused-ring (bicyclic) bond motifs is 1. The van der Waals surface area contributed by atoms with Crippen LogP contribution >= 0.6 is 0 Å². The lowest BCUT2D eigenvalue weighted by Crippen LogP contribution is -2.05. The molecule has 4 heteroatoms. The number of methoxy groups -OCH3 is 1. The molecule has 1 aromatic carbocycles. The minimum Gasteiger partial charge on any atom is -0.507 e. The van der Waals surface area contributed by atoms with Crippen LogP contribution in [0.2, 0.25) is 0 Å². The molecule has 1 aromatic heterocycles. The standard InChI is InChI=1S/C19H22O4/c1-3-13-17(21)16(15(20)11-12-7-5-4-6-8-12)19(22-2)14-9-10-23-18(13)14/h9-11,21H,3-8H2,1-2H3. The quantitative estimate of drug-likeness (QED) is 0.651. The predicted octanol–water partition coefficient (Wildman–Crippen LogP) is 4.78. The van der Waals surface area contributed by atoms with Crippen molar-refractivity contribution in [2.75, 3.05) is 7.11 Å². The van der Waals surface area contributed by atoms with Crippen LogP contribution in [0.1, 0.15) is 54.9 Å². The van der Waals surface area contributed by atoms with Crippen molar-refractivity contribution in [3.8, 4) is 11.5 Å². The summed E-state index contributed by atoms with van der Waals surface area (Å²) in [7, 11) is 1.51. The second kappa shape index (κ2) is 6.49. The van der Waals surface area contributed by atoms with Gasteiger partial charge in [0.2, 0.25) is 0 Å². The molecule has 1 aliphatic rings. The number of carbonyl (C=O) groups excluding carboxylic acids is 1. The fraction of sp³-hybridized carbons (Fsp3) is 0.421. The van der Waals surface area contributed by atoms with E-state index in [1.807, 2.05) is 6.92 Å². The molecular weight excluding hydrogens is 292 g/mol. The van der Waals surface area contributed by atoms with Crippen molar-refractivity contribution >= 4 is 16.8 Å². The van der Waals surface area contributed by atoms with Crippen LogP contribution in [-0.4, -0.2) is 18.0 Å². The molecule has 0 aliphatic heterocycles. The summed E-state index contributed by atoms with van der Waals surface area (Å²) >= 11 is 0. The van der Waals surface area contributed by atoms with Crippen molar-refractivity contribution in [1.29, 1.82) is 0 Å². The molecule has 122 valence electrons. The average molecular weight is 314 g/mol. The molecular formula is C19H22O4. The highest BCUT2D eigenvalue weighted by Crippen LogP contribution is 2.41. The first-order chi connectivity index (χ1) is 11.2. The molecule has 0 saturated heterocycles. The number of ketones is 1. The first-order valence-electron chi connectivity index (χ1n) is 8.20. The third kappa shape index (κ3) is 2.74. The maximum atomic E-state index is 12.8. The minimum atomic E-state index is -0.186. The van der Waals surface area contributed by atoms with Gasteiger partial charge in [-0.15, -0.1) is 0 Å². The summed E-state index contributed by atoms with van der Waals surface area (Å²) < 4.78 is 10.9. The SMILES string of the molecule is CCc1c(O)c(C(=O)C=C2CCCCC2)c(OC)c2ccoc12. The molecule has 2 aromatic rings. The number of rotatable bonds is 4. The highest BCUT2D eigenvalue weighted by molar-refractivity contribution is 6.13. The van der Waals surface area contributed by atoms with Gasteiger partial charge in [0.1, 0.15) is 22.6 Å². The zero-order valence-corrected chi connectivity index (χ0v) is 13.6. The van der Waals surface area contributed by atoms with E-state index in [4.69, 9.17) is 9.15 Å². The summed E-state index contributed by atoms with van der Waals surface area (Å²) in [5.74, 6) is 0.180. The zero-order valence-electron chi connectivity index (χ0n) is 13.6. The molecule has 0 radical (unpaired) electrons. The maximum absolute atomic E-state index is 12.8. The number of hydrogen-bond donors (Lipinski definition) is 1. The van der Waals surface area contributed by atoms with Crippen LogP contribution in [0.4, 0.5) is 0 Å². The average Bonchev–Trinajstić information content (AvgIpc) is 3.03. The normalized spacial score (nSPS) is 15.0. The van der Waals surface area contributed by atoms with Crippen molar-refractivity contribution in [2.24, 2.45) is 0 Å². The van der Waals surface area contributed by atoms with E-state index in [9.17, 15) is 9.90 Å². The Labute approximate surface area is 135 Å². The Morgan fingerprint density at radius 1 is 1.35 bits per heavy atom. The molecule has 1 fully saturated rings. The zero-order chi connectivity index (χ0) is 16.4. The van der Waals surface area contributed by atoms with Gasteiger partial charge in [-0.05, 0) is 44.2 Å². The third-order valence-corrected chi connectivity index (χ3v) is 4.57. The van der Waals surface area contributed by atoms with E-state index in [-0.39, 0.29) is 17.1 Å². The third-order valence-electron chi connectivity index (χ3n) is 4.57. The lowest BCUT2D eigenvalue weighted by Gasteiger charge is -2.15. The second-order valence-corrected chi connectivity index (χ2v) is 5.98. The minimum absolute atomic E-state index is 0.0236. The van der Waals surface area contributed by atoms with Crippen molar-refractivity contribution < 1.29 is 19.1 Å². The van der Waals surface area contributed by atoms with Crippen molar-refractivity contribution in [1.82, 2.24) is 0 Å². The lowest BCUT2D eigenvalue weighted by atomic mass is 9.92. The van der Waals surface area contributed by atoms with Gasteiger partial charge < -0.3 is 14.3 Å². The van der Waals surface area contributed by atoms with Crippen LogP contribution in [0.3, 0.4) is 0 Å². The largest absolute Gasteiger partial charge is 0.507 e. The molecule has 1 saturated carbocycles. The van der Waals surface area contributed by atoms with Gasteiger partial charge in [-0.3, -0.25) is 4.79 Å². The Bertz CT molecular complexity index is 759. The van der Waals surface area contributed by atoms with Gasteiger partial charge in [0.05, 0.1) is 18.8 Å². The maximum Gasteiger partial charge on any atom is 0.193 e. The van der Waals surface area contributed by atoms with Gasteiger partial charge in [0.15, 0.2) is 5.78 Å². The monoisotopic (exact) mass is 314 g/mol. The van der Waals surface area contributed by atoms with E-state index >= 15 is 0 Å². The fourth-order valence-electron chi connectivity index (χ4n) is 3.40. The van der Waals surface area contributed by atoms with Crippen LogP contribution in [0.5, 0.6) is 11.5 Å². The number of benzene rings is 1. The topological polar surface area (TPSA) is 59.7 Å². The Balaban J connectivity index is 2.15. The van der Waals surface area contributed by atoms with Gasteiger partial charge in [0, 0.05) is 5.56 Å². The number of furan rings is 1. The van der Waals surface area contributed by atoms with Gasteiger partial charge in [0.25, 0.3) is 0 Å². The first kappa shape index (κ1) is 15.7. The number of ether oxygens (including phenoxy) is 1. The molecule has 4 nitrogen and oxygen atoms in total. The predicted molar refractivity (Wildman–Crippen MR) is 89.3 cm³/mol. The molecule has 0 bridgehead atoms. The van der Waals surface area contributed by atoms with E-state index < -0.39 is 0 Å². The van der Waals surface area contributed by atoms with E-state index in [1.165, 1.54) is 13.5 Å². The number of phenols is 1. The summed E-state index contributed by atoms with van der Waals surface area (Å²) in [5, 5.41) is 11.4. The van der Waals surface area contributed by atoms with Gasteiger partial charge in [-0.25, -0.2) is 0 Å². The number of phenolic OH excluding ortho intramolecular Hbond substituents is 1. The number of aryl methyl sites for hydroxylation is 1. The van der Waals surface area contributed by atoms with E-state index in [0.29, 0.717) is 23.3 Å². The molecule has 0 spiro atoms. The first-order valence-corrected chi connectivity index (χ1v) is 8.20. The van der Waals surface area contributed by atoms with Crippen molar-refractivity contribution in [3.63, 3.8) is 0 Å². The number of aromatic hydroxyl groups is 1. The summed E-state index contributed by atoms with van der Waals surface area (Å²) in [6.07, 6.45) is 9.22. The highest BCUT2D eigenvalue weighted by Gasteiger charge is 2.25. The summed E-state index contributed by atoms with van der Waals surface area (Å²) in [6, 6.07) is 1.78. The van der Waals surface area contributed by atoms with Crippen LogP contribution in [-0.2, 0) is 6.42 Å². The van der Waals surface area contributed by atoms with Gasteiger partial charge >= 0.3 is 0 Å². The Morgan fingerprint density at radius 3 is 2.74 bits per heavy atom. The number of carbonyl (C=O) groups is 1. The number of hydrogen-bond acceptors (Lipinski definition) is 4. The molecule has 1 N–H and O–H groups in total. The number of allylic oxidation sites excluding steroid dienone is 2. The van der Waals surface area contributed by atoms with Gasteiger partial charge in [-0.1, -0.05) is 18.9 Å². The molecule has 23 heavy (non-hydrogen) atoms. The highest BCUT2D eigenvalue weighted by atomic mass is 16.5. The molecule has 0 atom stereocenters. The van der Waals surface area contributed by atoms with Crippen LogP contribution in [0, 0.1) is 0 Å². The Morgan fingerprint density at radius 2 is 2.09 bits per heavy atom. The van der Waals surface area contributed by atoms with E-state index in [0.717, 1.165) is 36.6 Å². The molecule has 0 unspecified atom stereocenters. The fourth-order valence-corrected chi connectivity index (χ4v) is 3.40. The van der Waals surface area contributed by atoms with Crippen LogP contribution in [0.15, 0.2) is 28.4 Å². The van der Waals surface area contributed by atoms with Crippen molar-refractivity contribution in [3.05, 3.63) is 35.1 Å².